The maximum Gasteiger partial charge on any atom is 0.318 e. The molecule has 3 atom stereocenters. The van der Waals surface area contributed by atoms with Crippen LogP contribution in [-0.2, 0) is 14.3 Å². The van der Waals surface area contributed by atoms with Gasteiger partial charge in [0, 0.05) is 0 Å². The van der Waals surface area contributed by atoms with Crippen molar-refractivity contribution in [1.82, 2.24) is 5.32 Å². The van der Waals surface area contributed by atoms with Gasteiger partial charge in [-0.15, -0.1) is 0 Å². The third-order valence-electron chi connectivity index (χ3n) is 3.53. The molecule has 3 amide bonds. The third-order valence-corrected chi connectivity index (χ3v) is 3.53. The Morgan fingerprint density at radius 3 is 2.27 bits per heavy atom. The third kappa shape index (κ3) is 4.87. The van der Waals surface area contributed by atoms with E-state index < -0.39 is 29.9 Å². The van der Waals surface area contributed by atoms with Crippen LogP contribution in [0.5, 0.6) is 0 Å². The number of ether oxygens (including phenoxy) is 1. The van der Waals surface area contributed by atoms with Crippen LogP contribution in [0, 0.1) is 5.92 Å². The standard InChI is InChI=1S/C16H22N2O4/c1-4-10(2)13(12-8-6-5-7-9-12)15(20)22-11(3)14(19)18-16(17)21/h5-11,13H,4H2,1-3H3,(H3,17,18,19,21). The lowest BCUT2D eigenvalue weighted by molar-refractivity contribution is -0.157. The SMILES string of the molecule is CCC(C)C(C(=O)OC(C)C(=O)NC(N)=O)c1ccccc1. The number of carbonyl (C=O) groups excluding carboxylic acids is 3. The van der Waals surface area contributed by atoms with E-state index in [1.165, 1.54) is 6.92 Å². The zero-order valence-electron chi connectivity index (χ0n) is 13.0. The number of urea groups is 1. The predicted molar refractivity (Wildman–Crippen MR) is 81.9 cm³/mol. The highest BCUT2D eigenvalue weighted by Crippen LogP contribution is 2.28. The maximum atomic E-state index is 12.4. The number of imide groups is 1. The van der Waals surface area contributed by atoms with Gasteiger partial charge in [-0.05, 0) is 18.4 Å². The number of nitrogens with two attached hydrogens (primary N) is 1. The van der Waals surface area contributed by atoms with Crippen LogP contribution in [0.1, 0.15) is 38.7 Å². The van der Waals surface area contributed by atoms with Crippen LogP contribution >= 0.6 is 0 Å². The van der Waals surface area contributed by atoms with Crippen LogP contribution in [0.3, 0.4) is 0 Å². The molecule has 0 aliphatic rings. The summed E-state index contributed by atoms with van der Waals surface area (Å²) in [6.45, 7) is 5.33. The van der Waals surface area contributed by atoms with Crippen molar-refractivity contribution in [1.29, 1.82) is 0 Å². The monoisotopic (exact) mass is 306 g/mol. The van der Waals surface area contributed by atoms with Crippen LogP contribution < -0.4 is 11.1 Å². The molecule has 120 valence electrons. The zero-order valence-corrected chi connectivity index (χ0v) is 13.0. The van der Waals surface area contributed by atoms with Gasteiger partial charge < -0.3 is 10.5 Å². The fourth-order valence-corrected chi connectivity index (χ4v) is 2.12. The molecule has 0 aromatic heterocycles. The van der Waals surface area contributed by atoms with Gasteiger partial charge in [0.05, 0.1) is 5.92 Å². The molecule has 22 heavy (non-hydrogen) atoms. The molecular formula is C16H22N2O4. The molecule has 0 saturated carbocycles. The second-order valence-corrected chi connectivity index (χ2v) is 5.21. The number of carbonyl (C=O) groups is 3. The average molecular weight is 306 g/mol. The molecule has 0 aliphatic heterocycles. The first-order chi connectivity index (χ1) is 10.4. The highest BCUT2D eigenvalue weighted by atomic mass is 16.5. The second-order valence-electron chi connectivity index (χ2n) is 5.21. The largest absolute Gasteiger partial charge is 0.452 e. The van der Waals surface area contributed by atoms with Gasteiger partial charge in [0.15, 0.2) is 6.10 Å². The first-order valence-electron chi connectivity index (χ1n) is 7.22. The molecule has 0 heterocycles. The molecular weight excluding hydrogens is 284 g/mol. The molecule has 1 aromatic rings. The van der Waals surface area contributed by atoms with E-state index in [0.29, 0.717) is 0 Å². The number of amides is 3. The molecule has 1 rings (SSSR count). The minimum Gasteiger partial charge on any atom is -0.452 e. The van der Waals surface area contributed by atoms with Gasteiger partial charge in [-0.25, -0.2) is 4.79 Å². The Morgan fingerprint density at radius 1 is 1.18 bits per heavy atom. The fourth-order valence-electron chi connectivity index (χ4n) is 2.12. The van der Waals surface area contributed by atoms with Gasteiger partial charge >= 0.3 is 12.0 Å². The van der Waals surface area contributed by atoms with E-state index in [1.54, 1.807) is 0 Å². The van der Waals surface area contributed by atoms with Gasteiger partial charge in [-0.2, -0.15) is 0 Å². The summed E-state index contributed by atoms with van der Waals surface area (Å²) in [4.78, 5) is 34.7. The Morgan fingerprint density at radius 2 is 1.77 bits per heavy atom. The lowest BCUT2D eigenvalue weighted by Gasteiger charge is -2.23. The Bertz CT molecular complexity index is 530. The zero-order chi connectivity index (χ0) is 16.7. The molecule has 0 saturated heterocycles. The van der Waals surface area contributed by atoms with Gasteiger partial charge in [0.1, 0.15) is 0 Å². The normalized spacial score (nSPS) is 14.5. The Hall–Kier alpha value is -2.37. The summed E-state index contributed by atoms with van der Waals surface area (Å²) >= 11 is 0. The topological polar surface area (TPSA) is 98.5 Å². The molecule has 0 bridgehead atoms. The van der Waals surface area contributed by atoms with E-state index in [4.69, 9.17) is 10.5 Å². The van der Waals surface area contributed by atoms with Gasteiger partial charge in [-0.1, -0.05) is 50.6 Å². The number of primary amides is 1. The molecule has 1 aromatic carbocycles. The van der Waals surface area contributed by atoms with Crippen molar-refractivity contribution < 1.29 is 19.1 Å². The van der Waals surface area contributed by atoms with E-state index in [-0.39, 0.29) is 5.92 Å². The van der Waals surface area contributed by atoms with Crippen LogP contribution in [0.4, 0.5) is 4.79 Å². The van der Waals surface area contributed by atoms with Crippen LogP contribution in [-0.4, -0.2) is 24.0 Å². The van der Waals surface area contributed by atoms with Gasteiger partial charge in [0.25, 0.3) is 5.91 Å². The second kappa shape index (κ2) is 8.17. The van der Waals surface area contributed by atoms with Crippen LogP contribution in [0.25, 0.3) is 0 Å². The molecule has 3 unspecified atom stereocenters. The van der Waals surface area contributed by atoms with Crippen molar-refractivity contribution in [2.24, 2.45) is 11.7 Å². The van der Waals surface area contributed by atoms with E-state index in [2.05, 4.69) is 0 Å². The fraction of sp³-hybridized carbons (Fsp3) is 0.438. The van der Waals surface area contributed by atoms with Crippen molar-refractivity contribution in [2.45, 2.75) is 39.2 Å². The number of rotatable bonds is 6. The van der Waals surface area contributed by atoms with Crippen LogP contribution in [0.2, 0.25) is 0 Å². The lowest BCUT2D eigenvalue weighted by Crippen LogP contribution is -2.42. The lowest BCUT2D eigenvalue weighted by atomic mass is 9.85. The summed E-state index contributed by atoms with van der Waals surface area (Å²) in [5.41, 5.74) is 5.71. The molecule has 6 nitrogen and oxygen atoms in total. The first kappa shape index (κ1) is 17.7. The van der Waals surface area contributed by atoms with E-state index in [1.807, 2.05) is 49.5 Å². The Kier molecular flexibility index (Phi) is 6.56. The van der Waals surface area contributed by atoms with E-state index in [9.17, 15) is 14.4 Å². The van der Waals surface area contributed by atoms with Gasteiger partial charge in [-0.3, -0.25) is 14.9 Å². The van der Waals surface area contributed by atoms with Crippen molar-refractivity contribution in [3.8, 4) is 0 Å². The van der Waals surface area contributed by atoms with Crippen molar-refractivity contribution in [3.63, 3.8) is 0 Å². The summed E-state index contributed by atoms with van der Waals surface area (Å²) in [6, 6.07) is 8.29. The molecule has 0 spiro atoms. The average Bonchev–Trinajstić information content (AvgIpc) is 2.47. The summed E-state index contributed by atoms with van der Waals surface area (Å²) < 4.78 is 5.19. The predicted octanol–water partition coefficient (Wildman–Crippen LogP) is 1.94. The number of hydrogen-bond acceptors (Lipinski definition) is 4. The minimum atomic E-state index is -1.09. The van der Waals surface area contributed by atoms with Crippen molar-refractivity contribution in [2.75, 3.05) is 0 Å². The van der Waals surface area contributed by atoms with Gasteiger partial charge in [0.2, 0.25) is 0 Å². The van der Waals surface area contributed by atoms with Crippen LogP contribution in [0.15, 0.2) is 30.3 Å². The number of nitrogens with one attached hydrogen (secondary N) is 1. The number of esters is 1. The highest BCUT2D eigenvalue weighted by molar-refractivity contribution is 5.96. The maximum absolute atomic E-state index is 12.4. The van der Waals surface area contributed by atoms with E-state index >= 15 is 0 Å². The molecule has 0 fully saturated rings. The highest BCUT2D eigenvalue weighted by Gasteiger charge is 2.30. The summed E-state index contributed by atoms with van der Waals surface area (Å²) in [5.74, 6) is -1.64. The summed E-state index contributed by atoms with van der Waals surface area (Å²) in [7, 11) is 0. The van der Waals surface area contributed by atoms with Crippen molar-refractivity contribution >= 4 is 17.9 Å². The Labute approximate surface area is 130 Å². The first-order valence-corrected chi connectivity index (χ1v) is 7.22. The van der Waals surface area contributed by atoms with E-state index in [0.717, 1.165) is 12.0 Å². The number of hydrogen-bond donors (Lipinski definition) is 2. The quantitative estimate of drug-likeness (QED) is 0.785. The summed E-state index contributed by atoms with van der Waals surface area (Å²) in [6.07, 6.45) is -0.299. The molecule has 3 N–H and O–H groups in total. The number of benzene rings is 1. The van der Waals surface area contributed by atoms with Crippen molar-refractivity contribution in [3.05, 3.63) is 35.9 Å². The smallest absolute Gasteiger partial charge is 0.318 e. The molecule has 6 heteroatoms. The summed E-state index contributed by atoms with van der Waals surface area (Å²) in [5, 5.41) is 1.89. The molecule has 0 aliphatic carbocycles. The Balaban J connectivity index is 2.85. The molecule has 0 radical (unpaired) electrons. The minimum absolute atomic E-state index is 0.0568.